The number of aliphatic hydroxyl groups is 1. The van der Waals surface area contributed by atoms with Crippen molar-refractivity contribution in [1.29, 1.82) is 0 Å². The smallest absolute Gasteiger partial charge is 0.301 e. The third kappa shape index (κ3) is 6.46. The Kier molecular flexibility index (Phi) is 9.46. The summed E-state index contributed by atoms with van der Waals surface area (Å²) in [5, 5.41) is 20.9. The number of anilines is 1. The molecule has 0 spiro atoms. The van der Waals surface area contributed by atoms with Crippen LogP contribution in [0.1, 0.15) is 42.5 Å². The highest BCUT2D eigenvalue weighted by Crippen LogP contribution is 2.44. The topological polar surface area (TPSA) is 102 Å². The summed E-state index contributed by atoms with van der Waals surface area (Å²) in [6.45, 7) is 2.62. The number of hydrogen-bond donors (Lipinski definition) is 1. The first-order chi connectivity index (χ1) is 20.4. The fourth-order valence-electron chi connectivity index (χ4n) is 4.44. The van der Waals surface area contributed by atoms with Crippen LogP contribution in [0.3, 0.4) is 0 Å². The summed E-state index contributed by atoms with van der Waals surface area (Å²) in [7, 11) is 1.54. The number of methoxy groups -OCH3 is 1. The molecule has 4 aromatic rings. The number of ether oxygens (including phenoxy) is 2. The number of thioether (sulfide) groups is 1. The molecule has 2 heterocycles. The number of benzene rings is 3. The SMILES string of the molecule is CCCCOc1cccc(C2C(=C(O)c3ccc(OC)cc3)C(=O)C(=O)N2c2nnc(SCc3ccc(Cl)cc3)s2)c1. The normalized spacial score (nSPS) is 16.2. The minimum absolute atomic E-state index is 0.0403. The highest BCUT2D eigenvalue weighted by Gasteiger charge is 2.48. The maximum Gasteiger partial charge on any atom is 0.301 e. The number of halogens is 1. The first kappa shape index (κ1) is 29.6. The Balaban J connectivity index is 1.53. The number of carbonyl (C=O) groups excluding carboxylic acids is 2. The van der Waals surface area contributed by atoms with Crippen molar-refractivity contribution in [2.45, 2.75) is 35.9 Å². The fraction of sp³-hybridized carbons (Fsp3) is 0.226. The van der Waals surface area contributed by atoms with Crippen LogP contribution in [-0.4, -0.2) is 40.7 Å². The van der Waals surface area contributed by atoms with Crippen molar-refractivity contribution in [3.63, 3.8) is 0 Å². The molecule has 5 rings (SSSR count). The van der Waals surface area contributed by atoms with E-state index in [2.05, 4.69) is 17.1 Å². The molecule has 3 aromatic carbocycles. The molecule has 1 N–H and O–H groups in total. The molecule has 1 fully saturated rings. The van der Waals surface area contributed by atoms with Gasteiger partial charge in [-0.15, -0.1) is 10.2 Å². The predicted molar refractivity (Wildman–Crippen MR) is 166 cm³/mol. The van der Waals surface area contributed by atoms with Crippen molar-refractivity contribution in [3.8, 4) is 11.5 Å². The number of ketones is 1. The molecule has 1 atom stereocenters. The highest BCUT2D eigenvalue weighted by atomic mass is 35.5. The van der Waals surface area contributed by atoms with Gasteiger partial charge in [0, 0.05) is 16.3 Å². The molecule has 42 heavy (non-hydrogen) atoms. The number of rotatable bonds is 11. The highest BCUT2D eigenvalue weighted by molar-refractivity contribution is 8.00. The fourth-order valence-corrected chi connectivity index (χ4v) is 6.39. The van der Waals surface area contributed by atoms with Crippen LogP contribution in [-0.2, 0) is 15.3 Å². The quantitative estimate of drug-likeness (QED) is 0.0465. The number of aliphatic hydroxyl groups excluding tert-OH is 1. The average Bonchev–Trinajstić information content (AvgIpc) is 3.58. The van der Waals surface area contributed by atoms with Crippen LogP contribution < -0.4 is 14.4 Å². The first-order valence-corrected chi connectivity index (χ1v) is 15.5. The van der Waals surface area contributed by atoms with Crippen molar-refractivity contribution in [3.05, 3.63) is 100 Å². The predicted octanol–water partition coefficient (Wildman–Crippen LogP) is 7.30. The standard InChI is InChI=1S/C31H28ClN3O5S2/c1-3-4-16-40-24-7-5-6-21(17-24)26-25(27(36)20-10-14-23(39-2)15-11-20)28(37)29(38)35(26)30-33-34-31(42-30)41-18-19-8-12-22(32)13-9-19/h5-15,17,26,36H,3-4,16,18H2,1-2H3. The Hall–Kier alpha value is -3.86. The zero-order valence-electron chi connectivity index (χ0n) is 23.0. The summed E-state index contributed by atoms with van der Waals surface area (Å²) in [4.78, 5) is 28.4. The van der Waals surface area contributed by atoms with E-state index >= 15 is 0 Å². The van der Waals surface area contributed by atoms with E-state index in [-0.39, 0.29) is 16.5 Å². The molecule has 0 aliphatic carbocycles. The van der Waals surface area contributed by atoms with Gasteiger partial charge in [0.05, 0.1) is 25.3 Å². The number of amides is 1. The Labute approximate surface area is 257 Å². The molecule has 1 aliphatic rings. The van der Waals surface area contributed by atoms with Crippen LogP contribution in [0, 0.1) is 0 Å². The average molecular weight is 622 g/mol. The Morgan fingerprint density at radius 3 is 2.52 bits per heavy atom. The van der Waals surface area contributed by atoms with Crippen molar-refractivity contribution < 1.29 is 24.2 Å². The molecule has 0 saturated carbocycles. The van der Waals surface area contributed by atoms with Crippen LogP contribution in [0.25, 0.3) is 5.76 Å². The second kappa shape index (κ2) is 13.4. The van der Waals surface area contributed by atoms with Crippen LogP contribution in [0.2, 0.25) is 5.02 Å². The Morgan fingerprint density at radius 1 is 1.05 bits per heavy atom. The number of carbonyl (C=O) groups is 2. The largest absolute Gasteiger partial charge is 0.507 e. The minimum atomic E-state index is -0.941. The van der Waals surface area contributed by atoms with E-state index in [1.807, 2.05) is 30.3 Å². The molecule has 1 unspecified atom stereocenters. The molecular formula is C31H28ClN3O5S2. The molecule has 1 saturated heterocycles. The lowest BCUT2D eigenvalue weighted by Gasteiger charge is -2.23. The van der Waals surface area contributed by atoms with E-state index in [0.29, 0.717) is 44.3 Å². The molecule has 0 radical (unpaired) electrons. The monoisotopic (exact) mass is 621 g/mol. The van der Waals surface area contributed by atoms with Crippen molar-refractivity contribution in [2.75, 3.05) is 18.6 Å². The van der Waals surface area contributed by atoms with Crippen LogP contribution in [0.15, 0.2) is 82.7 Å². The lowest BCUT2D eigenvalue weighted by Crippen LogP contribution is -2.29. The van der Waals surface area contributed by atoms with Crippen molar-refractivity contribution >= 4 is 57.3 Å². The summed E-state index contributed by atoms with van der Waals surface area (Å²) < 4.78 is 11.8. The molecule has 1 aromatic heterocycles. The maximum absolute atomic E-state index is 13.6. The molecule has 11 heteroatoms. The van der Waals surface area contributed by atoms with Gasteiger partial charge in [-0.2, -0.15) is 0 Å². The third-order valence-corrected chi connectivity index (χ3v) is 9.00. The van der Waals surface area contributed by atoms with E-state index in [0.717, 1.165) is 18.4 Å². The van der Waals surface area contributed by atoms with Gasteiger partial charge in [-0.05, 0) is 66.1 Å². The third-order valence-electron chi connectivity index (χ3n) is 6.63. The lowest BCUT2D eigenvalue weighted by atomic mass is 9.95. The number of nitrogens with zero attached hydrogens (tertiary/aromatic N) is 3. The van der Waals surface area contributed by atoms with Gasteiger partial charge in [-0.3, -0.25) is 14.5 Å². The van der Waals surface area contributed by atoms with Gasteiger partial charge in [-0.25, -0.2) is 0 Å². The Bertz CT molecular complexity index is 1610. The second-order valence-corrected chi connectivity index (χ2v) is 12.1. The zero-order chi connectivity index (χ0) is 29.6. The zero-order valence-corrected chi connectivity index (χ0v) is 25.3. The Morgan fingerprint density at radius 2 is 1.81 bits per heavy atom. The van der Waals surface area contributed by atoms with Gasteiger partial charge < -0.3 is 14.6 Å². The molecule has 1 aliphatic heterocycles. The number of unbranched alkanes of at least 4 members (excludes halogenated alkanes) is 1. The maximum atomic E-state index is 13.6. The van der Waals surface area contributed by atoms with E-state index in [4.69, 9.17) is 21.1 Å². The van der Waals surface area contributed by atoms with Crippen molar-refractivity contribution in [2.24, 2.45) is 0 Å². The molecule has 0 bridgehead atoms. The van der Waals surface area contributed by atoms with Gasteiger partial charge in [0.1, 0.15) is 17.3 Å². The van der Waals surface area contributed by atoms with Gasteiger partial charge in [-0.1, -0.05) is 72.3 Å². The molecule has 8 nitrogen and oxygen atoms in total. The van der Waals surface area contributed by atoms with Crippen molar-refractivity contribution in [1.82, 2.24) is 10.2 Å². The van der Waals surface area contributed by atoms with Gasteiger partial charge in [0.25, 0.3) is 5.78 Å². The first-order valence-electron chi connectivity index (χ1n) is 13.3. The van der Waals surface area contributed by atoms with Gasteiger partial charge in [0.15, 0.2) is 4.34 Å². The number of hydrogen-bond acceptors (Lipinski definition) is 9. The van der Waals surface area contributed by atoms with E-state index in [1.165, 1.54) is 28.0 Å². The number of Topliss-reactive ketones (excluding diaryl/α,β-unsaturated/α-hetero) is 1. The summed E-state index contributed by atoms with van der Waals surface area (Å²) in [5.41, 5.74) is 2.00. The van der Waals surface area contributed by atoms with Crippen LogP contribution >= 0.6 is 34.7 Å². The molecule has 1 amide bonds. The summed E-state index contributed by atoms with van der Waals surface area (Å²) in [6.07, 6.45) is 1.87. The second-order valence-electron chi connectivity index (χ2n) is 9.44. The van der Waals surface area contributed by atoms with Crippen LogP contribution in [0.4, 0.5) is 5.13 Å². The van der Waals surface area contributed by atoms with E-state index < -0.39 is 17.7 Å². The summed E-state index contributed by atoms with van der Waals surface area (Å²) in [6, 6.07) is 20.4. The lowest BCUT2D eigenvalue weighted by molar-refractivity contribution is -0.132. The number of aromatic nitrogens is 2. The van der Waals surface area contributed by atoms with Gasteiger partial charge >= 0.3 is 5.91 Å². The van der Waals surface area contributed by atoms with Crippen LogP contribution in [0.5, 0.6) is 11.5 Å². The minimum Gasteiger partial charge on any atom is -0.507 e. The molecular weight excluding hydrogens is 594 g/mol. The van der Waals surface area contributed by atoms with E-state index in [1.54, 1.807) is 49.6 Å². The summed E-state index contributed by atoms with van der Waals surface area (Å²) >= 11 is 8.67. The van der Waals surface area contributed by atoms with E-state index in [9.17, 15) is 14.7 Å². The summed E-state index contributed by atoms with van der Waals surface area (Å²) in [5.74, 6) is -0.0649. The molecule has 216 valence electrons. The van der Waals surface area contributed by atoms with Gasteiger partial charge in [0.2, 0.25) is 5.13 Å².